The highest BCUT2D eigenvalue weighted by atomic mass is 16.2. The fourth-order valence-corrected chi connectivity index (χ4v) is 4.02. The fourth-order valence-electron chi connectivity index (χ4n) is 4.02. The van der Waals surface area contributed by atoms with Crippen molar-refractivity contribution in [1.82, 2.24) is 24.8 Å². The molecule has 3 amide bonds. The summed E-state index contributed by atoms with van der Waals surface area (Å²) in [6, 6.07) is 19.4. The first kappa shape index (κ1) is 20.6. The number of nitrogens with zero attached hydrogens (tertiary/aromatic N) is 4. The number of hydrogen-bond donors (Lipinski definition) is 1. The van der Waals surface area contributed by atoms with Crippen LogP contribution in [0.15, 0.2) is 72.9 Å². The minimum absolute atomic E-state index is 0.251. The van der Waals surface area contributed by atoms with Crippen LogP contribution in [0.25, 0.3) is 5.65 Å². The first-order valence-corrected chi connectivity index (χ1v) is 10.7. The SMILES string of the molecule is CC(NC(=O)c1ccc2c(c1)C(=O)N(CCc1ccccc1)C2=O)c1nnc2ccccn12. The molecule has 3 heterocycles. The minimum atomic E-state index is -0.414. The quantitative estimate of drug-likeness (QED) is 0.466. The highest BCUT2D eigenvalue weighted by Crippen LogP contribution is 2.25. The number of fused-ring (bicyclic) bond motifs is 2. The van der Waals surface area contributed by atoms with E-state index in [-0.39, 0.29) is 29.8 Å². The highest BCUT2D eigenvalue weighted by molar-refractivity contribution is 6.22. The van der Waals surface area contributed by atoms with Gasteiger partial charge in [-0.05, 0) is 49.2 Å². The molecule has 164 valence electrons. The van der Waals surface area contributed by atoms with Crippen LogP contribution in [0.2, 0.25) is 0 Å². The summed E-state index contributed by atoms with van der Waals surface area (Å²) in [5, 5.41) is 11.2. The number of rotatable bonds is 6. The third-order valence-corrected chi connectivity index (χ3v) is 5.77. The van der Waals surface area contributed by atoms with Crippen molar-refractivity contribution in [1.29, 1.82) is 0 Å². The molecule has 0 saturated carbocycles. The van der Waals surface area contributed by atoms with E-state index in [1.807, 2.05) is 61.7 Å². The summed E-state index contributed by atoms with van der Waals surface area (Å²) in [7, 11) is 0. The zero-order chi connectivity index (χ0) is 22.9. The Labute approximate surface area is 189 Å². The molecule has 5 rings (SSSR count). The van der Waals surface area contributed by atoms with E-state index < -0.39 is 6.04 Å². The van der Waals surface area contributed by atoms with Crippen molar-refractivity contribution in [3.63, 3.8) is 0 Å². The van der Waals surface area contributed by atoms with Crippen LogP contribution >= 0.6 is 0 Å². The smallest absolute Gasteiger partial charge is 0.261 e. The van der Waals surface area contributed by atoms with Crippen molar-refractivity contribution in [2.24, 2.45) is 0 Å². The molecule has 2 aromatic heterocycles. The predicted molar refractivity (Wildman–Crippen MR) is 121 cm³/mol. The predicted octanol–water partition coefficient (Wildman–Crippen LogP) is 3.06. The molecule has 0 aliphatic carbocycles. The van der Waals surface area contributed by atoms with Gasteiger partial charge in [0.25, 0.3) is 17.7 Å². The number of amides is 3. The molecule has 0 spiro atoms. The van der Waals surface area contributed by atoms with Crippen LogP contribution < -0.4 is 5.32 Å². The molecule has 1 aliphatic heterocycles. The summed E-state index contributed by atoms with van der Waals surface area (Å²) in [5.41, 5.74) is 2.61. The second-order valence-electron chi connectivity index (χ2n) is 7.94. The van der Waals surface area contributed by atoms with E-state index in [2.05, 4.69) is 15.5 Å². The van der Waals surface area contributed by atoms with Gasteiger partial charge in [-0.15, -0.1) is 10.2 Å². The Morgan fingerprint density at radius 2 is 1.70 bits per heavy atom. The van der Waals surface area contributed by atoms with Crippen molar-refractivity contribution >= 4 is 23.4 Å². The zero-order valence-corrected chi connectivity index (χ0v) is 17.9. The van der Waals surface area contributed by atoms with E-state index in [9.17, 15) is 14.4 Å². The van der Waals surface area contributed by atoms with Gasteiger partial charge in [-0.25, -0.2) is 0 Å². The number of carbonyl (C=O) groups excluding carboxylic acids is 3. The van der Waals surface area contributed by atoms with Crippen molar-refractivity contribution in [2.45, 2.75) is 19.4 Å². The number of aromatic nitrogens is 3. The largest absolute Gasteiger partial charge is 0.342 e. The Morgan fingerprint density at radius 1 is 0.939 bits per heavy atom. The first-order chi connectivity index (χ1) is 16.0. The molecule has 0 bridgehead atoms. The lowest BCUT2D eigenvalue weighted by Gasteiger charge is -2.13. The third-order valence-electron chi connectivity index (χ3n) is 5.77. The summed E-state index contributed by atoms with van der Waals surface area (Å²) >= 11 is 0. The van der Waals surface area contributed by atoms with Gasteiger partial charge >= 0.3 is 0 Å². The molecule has 0 fully saturated rings. The van der Waals surface area contributed by atoms with E-state index in [1.54, 1.807) is 16.5 Å². The number of imide groups is 1. The molecule has 4 aromatic rings. The fraction of sp³-hybridized carbons (Fsp3) is 0.160. The van der Waals surface area contributed by atoms with Gasteiger partial charge < -0.3 is 5.32 Å². The molecule has 1 aliphatic rings. The number of nitrogens with one attached hydrogen (secondary N) is 1. The van der Waals surface area contributed by atoms with Crippen molar-refractivity contribution in [3.05, 3.63) is 101 Å². The minimum Gasteiger partial charge on any atom is -0.342 e. The first-order valence-electron chi connectivity index (χ1n) is 10.7. The van der Waals surface area contributed by atoms with Crippen molar-refractivity contribution < 1.29 is 14.4 Å². The second-order valence-corrected chi connectivity index (χ2v) is 7.94. The summed E-state index contributed by atoms with van der Waals surface area (Å²) in [6.07, 6.45) is 2.40. The van der Waals surface area contributed by atoms with Crippen LogP contribution in [0.1, 0.15) is 55.4 Å². The monoisotopic (exact) mass is 439 g/mol. The number of carbonyl (C=O) groups is 3. The van der Waals surface area contributed by atoms with E-state index >= 15 is 0 Å². The lowest BCUT2D eigenvalue weighted by atomic mass is 10.1. The summed E-state index contributed by atoms with van der Waals surface area (Å²) in [5.74, 6) is -0.474. The molecule has 1 N–H and O–H groups in total. The molecule has 2 aromatic carbocycles. The van der Waals surface area contributed by atoms with Crippen LogP contribution in [-0.2, 0) is 6.42 Å². The van der Waals surface area contributed by atoms with Gasteiger partial charge in [0.15, 0.2) is 11.5 Å². The number of hydrogen-bond acceptors (Lipinski definition) is 5. The Hall–Kier alpha value is -4.33. The van der Waals surface area contributed by atoms with E-state index in [1.165, 1.54) is 11.0 Å². The molecule has 0 radical (unpaired) electrons. The molecule has 1 atom stereocenters. The average molecular weight is 439 g/mol. The molecule has 8 nitrogen and oxygen atoms in total. The van der Waals surface area contributed by atoms with Crippen LogP contribution in [-0.4, -0.2) is 43.8 Å². The zero-order valence-electron chi connectivity index (χ0n) is 17.9. The van der Waals surface area contributed by atoms with Gasteiger partial charge in [-0.1, -0.05) is 36.4 Å². The van der Waals surface area contributed by atoms with Crippen LogP contribution in [0.5, 0.6) is 0 Å². The number of pyridine rings is 1. The van der Waals surface area contributed by atoms with Gasteiger partial charge in [0.2, 0.25) is 0 Å². The lowest BCUT2D eigenvalue weighted by molar-refractivity contribution is 0.0656. The Balaban J connectivity index is 1.32. The second kappa shape index (κ2) is 8.31. The van der Waals surface area contributed by atoms with E-state index in [0.717, 1.165) is 5.56 Å². The maximum Gasteiger partial charge on any atom is 0.261 e. The Morgan fingerprint density at radius 3 is 2.52 bits per heavy atom. The van der Waals surface area contributed by atoms with Crippen molar-refractivity contribution in [2.75, 3.05) is 6.54 Å². The molecular formula is C25H21N5O3. The summed E-state index contributed by atoms with van der Waals surface area (Å²) in [4.78, 5) is 39.8. The van der Waals surface area contributed by atoms with Gasteiger partial charge in [0.1, 0.15) is 0 Å². The van der Waals surface area contributed by atoms with Crippen LogP contribution in [0.3, 0.4) is 0 Å². The molecule has 33 heavy (non-hydrogen) atoms. The highest BCUT2D eigenvalue weighted by Gasteiger charge is 2.35. The van der Waals surface area contributed by atoms with Crippen LogP contribution in [0.4, 0.5) is 0 Å². The van der Waals surface area contributed by atoms with E-state index in [4.69, 9.17) is 0 Å². The lowest BCUT2D eigenvalue weighted by Crippen LogP contribution is -2.31. The molecule has 0 saturated heterocycles. The Bertz CT molecular complexity index is 1380. The Kier molecular flexibility index (Phi) is 5.18. The van der Waals surface area contributed by atoms with Crippen molar-refractivity contribution in [3.8, 4) is 0 Å². The van der Waals surface area contributed by atoms with Gasteiger partial charge in [0, 0.05) is 18.3 Å². The summed E-state index contributed by atoms with van der Waals surface area (Å²) < 4.78 is 1.81. The topological polar surface area (TPSA) is 96.7 Å². The normalized spacial score (nSPS) is 13.9. The standard InChI is InChI=1S/C25H21N5O3/c1-16(22-28-27-21-9-5-6-13-29(21)22)26-23(31)18-10-11-19-20(15-18)25(33)30(24(19)32)14-12-17-7-3-2-4-8-17/h2-11,13,15-16H,12,14H2,1H3,(H,26,31). The van der Waals surface area contributed by atoms with Crippen LogP contribution in [0, 0.1) is 0 Å². The number of benzene rings is 2. The third kappa shape index (κ3) is 3.76. The molecule has 1 unspecified atom stereocenters. The van der Waals surface area contributed by atoms with Gasteiger partial charge in [-0.3, -0.25) is 23.7 Å². The van der Waals surface area contributed by atoms with Gasteiger partial charge in [0.05, 0.1) is 17.2 Å². The summed E-state index contributed by atoms with van der Waals surface area (Å²) in [6.45, 7) is 2.10. The maximum absolute atomic E-state index is 12.9. The van der Waals surface area contributed by atoms with Gasteiger partial charge in [-0.2, -0.15) is 0 Å². The van der Waals surface area contributed by atoms with E-state index in [0.29, 0.717) is 29.0 Å². The average Bonchev–Trinajstić information content (AvgIpc) is 3.37. The molecule has 8 heteroatoms. The molecular weight excluding hydrogens is 418 g/mol. The maximum atomic E-state index is 12.9.